The van der Waals surface area contributed by atoms with Gasteiger partial charge in [0.25, 0.3) is 0 Å². The monoisotopic (exact) mass is 241 g/mol. The van der Waals surface area contributed by atoms with Crippen LogP contribution in [-0.4, -0.2) is 25.9 Å². The maximum Gasteiger partial charge on any atom is 0.165 e. The molecule has 0 aliphatic rings. The van der Waals surface area contributed by atoms with Gasteiger partial charge in [0.2, 0.25) is 0 Å². The van der Waals surface area contributed by atoms with Crippen molar-refractivity contribution in [3.05, 3.63) is 29.6 Å². The predicted octanol–water partition coefficient (Wildman–Crippen LogP) is 2.13. The minimum absolute atomic E-state index is 0.194. The molecule has 0 saturated carbocycles. The number of nitrogens with two attached hydrogens (primary N) is 1. The third kappa shape index (κ3) is 3.41. The van der Waals surface area contributed by atoms with Crippen molar-refractivity contribution in [3.8, 4) is 5.75 Å². The van der Waals surface area contributed by atoms with Crippen LogP contribution in [0, 0.1) is 5.82 Å². The van der Waals surface area contributed by atoms with Crippen molar-refractivity contribution in [2.24, 2.45) is 5.73 Å². The van der Waals surface area contributed by atoms with Gasteiger partial charge in [-0.15, -0.1) is 0 Å². The van der Waals surface area contributed by atoms with E-state index >= 15 is 0 Å². The van der Waals surface area contributed by atoms with E-state index in [9.17, 15) is 4.39 Å². The molecule has 3 nitrogen and oxygen atoms in total. The first-order valence-corrected chi connectivity index (χ1v) is 5.54. The van der Waals surface area contributed by atoms with E-state index in [0.717, 1.165) is 5.56 Å². The summed E-state index contributed by atoms with van der Waals surface area (Å²) in [6.07, 6.45) is 0.557. The molecule has 1 unspecified atom stereocenters. The molecule has 0 spiro atoms. The van der Waals surface area contributed by atoms with E-state index in [-0.39, 0.29) is 17.6 Å². The fourth-order valence-electron chi connectivity index (χ4n) is 1.49. The van der Waals surface area contributed by atoms with E-state index in [1.54, 1.807) is 13.2 Å². The van der Waals surface area contributed by atoms with Crippen LogP contribution in [0.25, 0.3) is 0 Å². The van der Waals surface area contributed by atoms with E-state index in [0.29, 0.717) is 6.42 Å². The van der Waals surface area contributed by atoms with Gasteiger partial charge >= 0.3 is 0 Å². The molecule has 1 rings (SSSR count). The minimum atomic E-state index is -0.434. The molecule has 0 radical (unpaired) electrons. The largest absolute Gasteiger partial charge is 0.494 e. The van der Waals surface area contributed by atoms with E-state index in [1.165, 1.54) is 13.2 Å². The van der Waals surface area contributed by atoms with Crippen molar-refractivity contribution in [2.45, 2.75) is 31.9 Å². The number of methoxy groups -OCH3 is 2. The lowest BCUT2D eigenvalue weighted by molar-refractivity contribution is 0.000788. The Morgan fingerprint density at radius 1 is 1.35 bits per heavy atom. The molecular weight excluding hydrogens is 221 g/mol. The van der Waals surface area contributed by atoms with Crippen molar-refractivity contribution < 1.29 is 13.9 Å². The van der Waals surface area contributed by atoms with Crippen LogP contribution in [0.15, 0.2) is 18.2 Å². The molecule has 0 aromatic heterocycles. The number of ether oxygens (including phenoxy) is 2. The maximum absolute atomic E-state index is 13.5. The van der Waals surface area contributed by atoms with Gasteiger partial charge in [-0.2, -0.15) is 0 Å². The summed E-state index contributed by atoms with van der Waals surface area (Å²) < 4.78 is 23.6. The normalized spacial score (nSPS) is 13.5. The van der Waals surface area contributed by atoms with Gasteiger partial charge in [-0.1, -0.05) is 6.07 Å². The summed E-state index contributed by atoms with van der Waals surface area (Å²) in [7, 11) is 3.06. The summed E-state index contributed by atoms with van der Waals surface area (Å²) in [6, 6.07) is 4.68. The second kappa shape index (κ2) is 5.47. The zero-order valence-corrected chi connectivity index (χ0v) is 10.8. The molecule has 0 aliphatic carbocycles. The summed E-state index contributed by atoms with van der Waals surface area (Å²) >= 11 is 0. The molecule has 1 aromatic carbocycles. The lowest BCUT2D eigenvalue weighted by atomic mass is 9.93. The number of halogens is 1. The lowest BCUT2D eigenvalue weighted by Gasteiger charge is -2.30. The molecule has 0 amide bonds. The van der Waals surface area contributed by atoms with Crippen molar-refractivity contribution in [3.63, 3.8) is 0 Å². The molecule has 0 aliphatic heterocycles. The first kappa shape index (κ1) is 13.9. The van der Waals surface area contributed by atoms with Crippen LogP contribution in [0.2, 0.25) is 0 Å². The van der Waals surface area contributed by atoms with Gasteiger partial charge < -0.3 is 15.2 Å². The van der Waals surface area contributed by atoms with Crippen molar-refractivity contribution in [1.82, 2.24) is 0 Å². The highest BCUT2D eigenvalue weighted by molar-refractivity contribution is 5.29. The first-order valence-electron chi connectivity index (χ1n) is 5.54. The maximum atomic E-state index is 13.5. The van der Waals surface area contributed by atoms with Crippen LogP contribution in [0.1, 0.15) is 19.4 Å². The summed E-state index contributed by atoms with van der Waals surface area (Å²) in [6.45, 7) is 3.83. The van der Waals surface area contributed by atoms with Crippen molar-refractivity contribution in [2.75, 3.05) is 14.2 Å². The first-order chi connectivity index (χ1) is 7.90. The molecule has 1 aromatic rings. The molecule has 17 heavy (non-hydrogen) atoms. The van der Waals surface area contributed by atoms with E-state index in [4.69, 9.17) is 15.2 Å². The molecule has 0 heterocycles. The highest BCUT2D eigenvalue weighted by Gasteiger charge is 2.26. The SMILES string of the molecule is COc1ccc(CC(N)C(C)(C)OC)cc1F. The van der Waals surface area contributed by atoms with E-state index in [1.807, 2.05) is 19.9 Å². The second-order valence-electron chi connectivity index (χ2n) is 4.59. The van der Waals surface area contributed by atoms with E-state index in [2.05, 4.69) is 0 Å². The fourth-order valence-corrected chi connectivity index (χ4v) is 1.49. The molecule has 0 fully saturated rings. The summed E-state index contributed by atoms with van der Waals surface area (Å²) in [4.78, 5) is 0. The Kier molecular flexibility index (Phi) is 4.48. The van der Waals surface area contributed by atoms with Crippen LogP contribution < -0.4 is 10.5 Å². The smallest absolute Gasteiger partial charge is 0.165 e. The number of benzene rings is 1. The highest BCUT2D eigenvalue weighted by atomic mass is 19.1. The molecular formula is C13H20FNO2. The van der Waals surface area contributed by atoms with Gasteiger partial charge in [0, 0.05) is 13.2 Å². The average Bonchev–Trinajstić information content (AvgIpc) is 2.29. The third-order valence-electron chi connectivity index (χ3n) is 3.09. The Balaban J connectivity index is 2.79. The topological polar surface area (TPSA) is 44.5 Å². The number of hydrogen-bond acceptors (Lipinski definition) is 3. The Bertz CT molecular complexity index is 380. The lowest BCUT2D eigenvalue weighted by Crippen LogP contribution is -2.46. The summed E-state index contributed by atoms with van der Waals surface area (Å²) in [5.41, 5.74) is 6.44. The van der Waals surface area contributed by atoms with E-state index < -0.39 is 5.60 Å². The Morgan fingerprint density at radius 3 is 2.47 bits per heavy atom. The zero-order valence-electron chi connectivity index (χ0n) is 10.8. The number of hydrogen-bond donors (Lipinski definition) is 1. The standard InChI is InChI=1S/C13H20FNO2/c1-13(2,17-4)12(15)8-9-5-6-11(16-3)10(14)7-9/h5-7,12H,8,15H2,1-4H3. The van der Waals surface area contributed by atoms with Gasteiger partial charge in [0.05, 0.1) is 12.7 Å². The van der Waals surface area contributed by atoms with Crippen molar-refractivity contribution in [1.29, 1.82) is 0 Å². The van der Waals surface area contributed by atoms with Crippen LogP contribution in [0.4, 0.5) is 4.39 Å². The van der Waals surface area contributed by atoms with Gasteiger partial charge in [0.1, 0.15) is 0 Å². The average molecular weight is 241 g/mol. The van der Waals surface area contributed by atoms with Crippen molar-refractivity contribution >= 4 is 0 Å². The highest BCUT2D eigenvalue weighted by Crippen LogP contribution is 2.21. The van der Waals surface area contributed by atoms with Gasteiger partial charge in [0.15, 0.2) is 11.6 Å². The minimum Gasteiger partial charge on any atom is -0.494 e. The molecule has 0 saturated heterocycles. The fraction of sp³-hybridized carbons (Fsp3) is 0.538. The zero-order chi connectivity index (χ0) is 13.1. The quantitative estimate of drug-likeness (QED) is 0.859. The Labute approximate surface area is 102 Å². The predicted molar refractivity (Wildman–Crippen MR) is 65.7 cm³/mol. The van der Waals surface area contributed by atoms with Gasteiger partial charge in [-0.3, -0.25) is 0 Å². The summed E-state index contributed by atoms with van der Waals surface area (Å²) in [5.74, 6) is -0.124. The van der Waals surface area contributed by atoms with Gasteiger partial charge in [-0.05, 0) is 38.0 Å². The van der Waals surface area contributed by atoms with Gasteiger partial charge in [-0.25, -0.2) is 4.39 Å². The number of rotatable bonds is 5. The summed E-state index contributed by atoms with van der Waals surface area (Å²) in [5, 5.41) is 0. The Morgan fingerprint density at radius 2 is 2.00 bits per heavy atom. The van der Waals surface area contributed by atoms with Crippen LogP contribution in [0.5, 0.6) is 5.75 Å². The van der Waals surface area contributed by atoms with Crippen LogP contribution in [0.3, 0.4) is 0 Å². The van der Waals surface area contributed by atoms with Crippen LogP contribution in [-0.2, 0) is 11.2 Å². The third-order valence-corrected chi connectivity index (χ3v) is 3.09. The molecule has 1 atom stereocenters. The molecule has 96 valence electrons. The van der Waals surface area contributed by atoms with Crippen LogP contribution >= 0.6 is 0 Å². The molecule has 4 heteroatoms. The molecule has 2 N–H and O–H groups in total. The molecule has 0 bridgehead atoms. The second-order valence-corrected chi connectivity index (χ2v) is 4.59. The Hall–Kier alpha value is -1.13.